The fraction of sp³-hybridized carbons (Fsp3) is 0.304. The monoisotopic (exact) mass is 391 g/mol. The summed E-state index contributed by atoms with van der Waals surface area (Å²) in [6, 6.07) is 19.4. The van der Waals surface area contributed by atoms with Gasteiger partial charge in [-0.2, -0.15) is 0 Å². The first-order chi connectivity index (χ1) is 14.2. The fourth-order valence-corrected chi connectivity index (χ4v) is 3.67. The van der Waals surface area contributed by atoms with Crippen molar-refractivity contribution in [3.63, 3.8) is 0 Å². The van der Waals surface area contributed by atoms with Crippen molar-refractivity contribution in [1.82, 2.24) is 9.97 Å². The summed E-state index contributed by atoms with van der Waals surface area (Å²) in [4.78, 5) is 13.5. The fourth-order valence-electron chi connectivity index (χ4n) is 3.67. The van der Waals surface area contributed by atoms with Gasteiger partial charge in [0.15, 0.2) is 0 Å². The molecule has 29 heavy (non-hydrogen) atoms. The number of para-hydroxylation sites is 1. The molecule has 150 valence electrons. The van der Waals surface area contributed by atoms with Gasteiger partial charge >= 0.3 is 0 Å². The third-order valence-electron chi connectivity index (χ3n) is 5.18. The van der Waals surface area contributed by atoms with Gasteiger partial charge in [-0.3, -0.25) is 0 Å². The second-order valence-electron chi connectivity index (χ2n) is 7.25. The average Bonchev–Trinajstić information content (AvgIpc) is 2.75. The van der Waals surface area contributed by atoms with E-state index >= 15 is 0 Å². The standard InChI is InChI=1S/C23H26FN5/c1-18-26-22(25-12-11-19-7-3-2-4-8-19)17-23(27-18)29-15-13-28(14-16-29)21-10-6-5-9-20(21)24/h2-10,17H,11-16H2,1H3,(H,25,26,27). The molecule has 1 saturated heterocycles. The lowest BCUT2D eigenvalue weighted by Gasteiger charge is -2.37. The molecule has 0 atom stereocenters. The number of halogens is 1. The molecule has 1 aliphatic rings. The zero-order valence-corrected chi connectivity index (χ0v) is 16.7. The Morgan fingerprint density at radius 3 is 2.34 bits per heavy atom. The lowest BCUT2D eigenvalue weighted by atomic mass is 10.1. The SMILES string of the molecule is Cc1nc(NCCc2ccccc2)cc(N2CCN(c3ccccc3F)CC2)n1. The van der Waals surface area contributed by atoms with E-state index in [-0.39, 0.29) is 5.82 Å². The van der Waals surface area contributed by atoms with Gasteiger partial charge in [-0.05, 0) is 31.0 Å². The largest absolute Gasteiger partial charge is 0.370 e. The molecule has 1 aromatic heterocycles. The first-order valence-corrected chi connectivity index (χ1v) is 10.1. The molecule has 0 radical (unpaired) electrons. The number of hydrogen-bond acceptors (Lipinski definition) is 5. The van der Waals surface area contributed by atoms with Crippen molar-refractivity contribution in [3.8, 4) is 0 Å². The summed E-state index contributed by atoms with van der Waals surface area (Å²) in [5, 5.41) is 3.42. The predicted molar refractivity (Wildman–Crippen MR) is 116 cm³/mol. The van der Waals surface area contributed by atoms with Gasteiger partial charge in [0.05, 0.1) is 5.69 Å². The number of nitrogens with one attached hydrogen (secondary N) is 1. The number of aryl methyl sites for hydroxylation is 1. The maximum atomic E-state index is 14.1. The van der Waals surface area contributed by atoms with Crippen LogP contribution >= 0.6 is 0 Å². The molecule has 0 spiro atoms. The zero-order valence-electron chi connectivity index (χ0n) is 16.7. The minimum Gasteiger partial charge on any atom is -0.370 e. The van der Waals surface area contributed by atoms with E-state index in [1.807, 2.05) is 31.2 Å². The lowest BCUT2D eigenvalue weighted by Crippen LogP contribution is -2.47. The highest BCUT2D eigenvalue weighted by Crippen LogP contribution is 2.23. The van der Waals surface area contributed by atoms with Gasteiger partial charge in [0.1, 0.15) is 23.3 Å². The number of piperazine rings is 1. The Hall–Kier alpha value is -3.15. The molecule has 1 aliphatic heterocycles. The third-order valence-corrected chi connectivity index (χ3v) is 5.18. The van der Waals surface area contributed by atoms with Crippen molar-refractivity contribution < 1.29 is 4.39 Å². The molecule has 6 heteroatoms. The van der Waals surface area contributed by atoms with Crippen LogP contribution in [0.3, 0.4) is 0 Å². The van der Waals surface area contributed by atoms with E-state index in [2.05, 4.69) is 49.4 Å². The molecule has 3 aromatic rings. The minimum absolute atomic E-state index is 0.163. The van der Waals surface area contributed by atoms with E-state index in [4.69, 9.17) is 0 Å². The predicted octanol–water partition coefficient (Wildman–Crippen LogP) is 3.91. The summed E-state index contributed by atoms with van der Waals surface area (Å²) in [6.45, 7) is 5.87. The van der Waals surface area contributed by atoms with Gasteiger partial charge in [0.25, 0.3) is 0 Å². The maximum absolute atomic E-state index is 14.1. The van der Waals surface area contributed by atoms with E-state index < -0.39 is 0 Å². The summed E-state index contributed by atoms with van der Waals surface area (Å²) >= 11 is 0. The Morgan fingerprint density at radius 1 is 0.897 bits per heavy atom. The Morgan fingerprint density at radius 2 is 1.59 bits per heavy atom. The Kier molecular flexibility index (Phi) is 5.89. The molecule has 0 aliphatic carbocycles. The summed E-state index contributed by atoms with van der Waals surface area (Å²) in [6.07, 6.45) is 0.945. The number of benzene rings is 2. The summed E-state index contributed by atoms with van der Waals surface area (Å²) in [7, 11) is 0. The molecule has 1 fully saturated rings. The van der Waals surface area contributed by atoms with Gasteiger partial charge in [0, 0.05) is 38.8 Å². The van der Waals surface area contributed by atoms with Crippen LogP contribution < -0.4 is 15.1 Å². The van der Waals surface area contributed by atoms with Crippen LogP contribution in [0.2, 0.25) is 0 Å². The first kappa shape index (κ1) is 19.2. The second-order valence-corrected chi connectivity index (χ2v) is 7.25. The van der Waals surface area contributed by atoms with Gasteiger partial charge in [-0.1, -0.05) is 42.5 Å². The minimum atomic E-state index is -0.163. The molecule has 0 bridgehead atoms. The Balaban J connectivity index is 1.37. The van der Waals surface area contributed by atoms with Crippen LogP contribution in [0, 0.1) is 12.7 Å². The van der Waals surface area contributed by atoms with Crippen LogP contribution in [0.5, 0.6) is 0 Å². The zero-order chi connectivity index (χ0) is 20.1. The summed E-state index contributed by atoms with van der Waals surface area (Å²) in [5.41, 5.74) is 1.98. The number of rotatable bonds is 6. The topological polar surface area (TPSA) is 44.3 Å². The quantitative estimate of drug-likeness (QED) is 0.690. The van der Waals surface area contributed by atoms with Crippen LogP contribution in [0.25, 0.3) is 0 Å². The third kappa shape index (κ3) is 4.83. The van der Waals surface area contributed by atoms with E-state index in [9.17, 15) is 4.39 Å². The average molecular weight is 391 g/mol. The van der Waals surface area contributed by atoms with Crippen LogP contribution in [-0.2, 0) is 6.42 Å². The van der Waals surface area contributed by atoms with E-state index in [1.54, 1.807) is 6.07 Å². The van der Waals surface area contributed by atoms with Gasteiger partial charge < -0.3 is 15.1 Å². The van der Waals surface area contributed by atoms with Crippen molar-refractivity contribution in [3.05, 3.63) is 77.9 Å². The number of hydrogen-bond donors (Lipinski definition) is 1. The maximum Gasteiger partial charge on any atom is 0.146 e. The van der Waals surface area contributed by atoms with Crippen LogP contribution in [-0.4, -0.2) is 42.7 Å². The van der Waals surface area contributed by atoms with E-state index in [0.29, 0.717) is 5.69 Å². The Labute approximate surface area is 171 Å². The molecule has 1 N–H and O–H groups in total. The van der Waals surface area contributed by atoms with Gasteiger partial charge in [-0.25, -0.2) is 14.4 Å². The molecular weight excluding hydrogens is 365 g/mol. The molecular formula is C23H26FN5. The highest BCUT2D eigenvalue weighted by atomic mass is 19.1. The second kappa shape index (κ2) is 8.90. The molecule has 2 aromatic carbocycles. The number of aromatic nitrogens is 2. The van der Waals surface area contributed by atoms with Crippen LogP contribution in [0.15, 0.2) is 60.7 Å². The van der Waals surface area contributed by atoms with Crippen molar-refractivity contribution in [1.29, 1.82) is 0 Å². The van der Waals surface area contributed by atoms with Gasteiger partial charge in [-0.15, -0.1) is 0 Å². The molecule has 5 nitrogen and oxygen atoms in total. The molecule has 0 amide bonds. The molecule has 0 saturated carbocycles. The molecule has 2 heterocycles. The van der Waals surface area contributed by atoms with E-state index in [1.165, 1.54) is 11.6 Å². The molecule has 0 unspecified atom stereocenters. The highest BCUT2D eigenvalue weighted by Gasteiger charge is 2.20. The van der Waals surface area contributed by atoms with Crippen molar-refractivity contribution in [2.24, 2.45) is 0 Å². The van der Waals surface area contributed by atoms with Crippen molar-refractivity contribution in [2.75, 3.05) is 47.8 Å². The molecule has 4 rings (SSSR count). The van der Waals surface area contributed by atoms with E-state index in [0.717, 1.165) is 56.6 Å². The number of nitrogens with zero attached hydrogens (tertiary/aromatic N) is 4. The van der Waals surface area contributed by atoms with Crippen LogP contribution in [0.1, 0.15) is 11.4 Å². The van der Waals surface area contributed by atoms with Crippen molar-refractivity contribution in [2.45, 2.75) is 13.3 Å². The van der Waals surface area contributed by atoms with Crippen molar-refractivity contribution >= 4 is 17.3 Å². The number of anilines is 3. The normalized spacial score (nSPS) is 14.1. The lowest BCUT2D eigenvalue weighted by molar-refractivity contribution is 0.596. The van der Waals surface area contributed by atoms with Crippen LogP contribution in [0.4, 0.5) is 21.7 Å². The smallest absolute Gasteiger partial charge is 0.146 e. The summed E-state index contributed by atoms with van der Waals surface area (Å²) < 4.78 is 14.1. The van der Waals surface area contributed by atoms with Gasteiger partial charge in [0.2, 0.25) is 0 Å². The summed E-state index contributed by atoms with van der Waals surface area (Å²) in [5.74, 6) is 2.36. The highest BCUT2D eigenvalue weighted by molar-refractivity contribution is 5.53. The Bertz CT molecular complexity index is 939. The first-order valence-electron chi connectivity index (χ1n) is 10.1.